The Labute approximate surface area is 125 Å². The molecule has 0 radical (unpaired) electrons. The number of piperazine rings is 1. The van der Waals surface area contributed by atoms with Crippen LogP contribution >= 0.6 is 0 Å². The van der Waals surface area contributed by atoms with Gasteiger partial charge in [-0.2, -0.15) is 9.57 Å². The molecular weight excluding hydrogens is 286 g/mol. The summed E-state index contributed by atoms with van der Waals surface area (Å²) in [5, 5.41) is 8.95. The molecule has 0 aliphatic carbocycles. The van der Waals surface area contributed by atoms with Crippen LogP contribution in [0, 0.1) is 18.3 Å². The average Bonchev–Trinajstić information content (AvgIpc) is 2.94. The lowest BCUT2D eigenvalue weighted by Gasteiger charge is -2.36. The van der Waals surface area contributed by atoms with E-state index in [0.29, 0.717) is 35.2 Å². The zero-order valence-corrected chi connectivity index (χ0v) is 12.9. The van der Waals surface area contributed by atoms with Gasteiger partial charge in [0.25, 0.3) is 0 Å². The first kappa shape index (κ1) is 14.5. The van der Waals surface area contributed by atoms with E-state index in [1.807, 2.05) is 0 Å². The molecule has 2 aliphatic heterocycles. The van der Waals surface area contributed by atoms with Crippen LogP contribution in [0.4, 0.5) is 0 Å². The fourth-order valence-corrected chi connectivity index (χ4v) is 4.81. The second kappa shape index (κ2) is 5.41. The zero-order valence-electron chi connectivity index (χ0n) is 12.1. The number of benzene rings is 1. The second-order valence-corrected chi connectivity index (χ2v) is 7.72. The van der Waals surface area contributed by atoms with Crippen molar-refractivity contribution in [3.63, 3.8) is 0 Å². The van der Waals surface area contributed by atoms with Gasteiger partial charge in [0.1, 0.15) is 0 Å². The molecule has 0 spiro atoms. The molecule has 0 saturated carbocycles. The number of hydrogen-bond acceptors (Lipinski definition) is 4. The lowest BCUT2D eigenvalue weighted by Crippen LogP contribution is -2.51. The van der Waals surface area contributed by atoms with Gasteiger partial charge in [0.2, 0.25) is 10.0 Å². The minimum Gasteiger partial charge on any atom is -0.298 e. The van der Waals surface area contributed by atoms with E-state index in [0.717, 1.165) is 25.9 Å². The van der Waals surface area contributed by atoms with Crippen LogP contribution in [0.25, 0.3) is 0 Å². The van der Waals surface area contributed by atoms with Gasteiger partial charge in [0.15, 0.2) is 0 Å². The Bertz CT molecular complexity index is 693. The van der Waals surface area contributed by atoms with Crippen molar-refractivity contribution in [3.8, 4) is 6.07 Å². The second-order valence-electron chi connectivity index (χ2n) is 5.78. The Balaban J connectivity index is 1.87. The normalized spacial score (nSPS) is 23.7. The van der Waals surface area contributed by atoms with Crippen molar-refractivity contribution in [1.82, 2.24) is 9.21 Å². The molecule has 3 rings (SSSR count). The number of hydrogen-bond donors (Lipinski definition) is 0. The molecule has 2 aliphatic rings. The summed E-state index contributed by atoms with van der Waals surface area (Å²) in [6.07, 6.45) is 2.24. The first-order chi connectivity index (χ1) is 10.0. The highest BCUT2D eigenvalue weighted by Crippen LogP contribution is 2.26. The Morgan fingerprint density at radius 2 is 2.10 bits per heavy atom. The van der Waals surface area contributed by atoms with Crippen LogP contribution in [-0.4, -0.2) is 49.8 Å². The van der Waals surface area contributed by atoms with Gasteiger partial charge >= 0.3 is 0 Å². The van der Waals surface area contributed by atoms with E-state index < -0.39 is 10.0 Å². The first-order valence-corrected chi connectivity index (χ1v) is 8.71. The maximum Gasteiger partial charge on any atom is 0.243 e. The maximum absolute atomic E-state index is 12.8. The van der Waals surface area contributed by atoms with E-state index in [1.165, 1.54) is 0 Å². The fourth-order valence-electron chi connectivity index (χ4n) is 3.25. The molecule has 0 aromatic heterocycles. The van der Waals surface area contributed by atoms with E-state index in [-0.39, 0.29) is 0 Å². The number of rotatable bonds is 2. The van der Waals surface area contributed by atoms with Crippen LogP contribution in [0.2, 0.25) is 0 Å². The number of nitrogens with zero attached hydrogens (tertiary/aromatic N) is 3. The van der Waals surface area contributed by atoms with Gasteiger partial charge in [-0.25, -0.2) is 8.42 Å². The van der Waals surface area contributed by atoms with Gasteiger partial charge in [-0.05, 0) is 50.1 Å². The van der Waals surface area contributed by atoms with Crippen LogP contribution in [0.1, 0.15) is 24.0 Å². The number of sulfonamides is 1. The van der Waals surface area contributed by atoms with E-state index >= 15 is 0 Å². The summed E-state index contributed by atoms with van der Waals surface area (Å²) in [6.45, 7) is 4.82. The summed E-state index contributed by atoms with van der Waals surface area (Å²) in [5.41, 5.74) is 1.23. The molecule has 21 heavy (non-hydrogen) atoms. The molecule has 2 saturated heterocycles. The smallest absolute Gasteiger partial charge is 0.243 e. The Morgan fingerprint density at radius 1 is 1.29 bits per heavy atom. The van der Waals surface area contributed by atoms with E-state index in [2.05, 4.69) is 11.0 Å². The van der Waals surface area contributed by atoms with Crippen LogP contribution in [0.3, 0.4) is 0 Å². The minimum absolute atomic E-state index is 0.297. The van der Waals surface area contributed by atoms with Crippen LogP contribution in [0.5, 0.6) is 0 Å². The molecule has 5 nitrogen and oxygen atoms in total. The Kier molecular flexibility index (Phi) is 3.74. The monoisotopic (exact) mass is 305 g/mol. The third kappa shape index (κ3) is 2.57. The lowest BCUT2D eigenvalue weighted by atomic mass is 10.1. The minimum atomic E-state index is -3.45. The average molecular weight is 305 g/mol. The first-order valence-electron chi connectivity index (χ1n) is 7.27. The van der Waals surface area contributed by atoms with Crippen molar-refractivity contribution in [2.45, 2.75) is 30.7 Å². The van der Waals surface area contributed by atoms with Crippen molar-refractivity contribution in [2.75, 3.05) is 26.2 Å². The molecule has 1 aromatic carbocycles. The van der Waals surface area contributed by atoms with Crippen LogP contribution in [0.15, 0.2) is 23.1 Å². The van der Waals surface area contributed by atoms with Crippen molar-refractivity contribution in [3.05, 3.63) is 29.3 Å². The van der Waals surface area contributed by atoms with Crippen molar-refractivity contribution in [1.29, 1.82) is 5.26 Å². The van der Waals surface area contributed by atoms with Crippen molar-refractivity contribution < 1.29 is 8.42 Å². The SMILES string of the molecule is Cc1cc(S(=O)(=O)N2CCN3CCCC3C2)ccc1C#N. The molecular formula is C15H19N3O2S. The van der Waals surface area contributed by atoms with Crippen molar-refractivity contribution in [2.24, 2.45) is 0 Å². The van der Waals surface area contributed by atoms with E-state index in [1.54, 1.807) is 29.4 Å². The molecule has 1 unspecified atom stereocenters. The lowest BCUT2D eigenvalue weighted by molar-refractivity contribution is 0.158. The summed E-state index contributed by atoms with van der Waals surface area (Å²) in [5.74, 6) is 0. The Hall–Kier alpha value is -1.42. The molecule has 1 aromatic rings. The summed E-state index contributed by atoms with van der Waals surface area (Å²) < 4.78 is 27.1. The maximum atomic E-state index is 12.8. The largest absolute Gasteiger partial charge is 0.298 e. The van der Waals surface area contributed by atoms with E-state index in [9.17, 15) is 8.42 Å². The van der Waals surface area contributed by atoms with Gasteiger partial charge in [0, 0.05) is 25.7 Å². The third-order valence-electron chi connectivity index (χ3n) is 4.51. The highest BCUT2D eigenvalue weighted by atomic mass is 32.2. The summed E-state index contributed by atoms with van der Waals surface area (Å²) in [7, 11) is -3.45. The van der Waals surface area contributed by atoms with Crippen molar-refractivity contribution >= 4 is 10.0 Å². The number of nitriles is 1. The molecule has 2 fully saturated rings. The van der Waals surface area contributed by atoms with Gasteiger partial charge in [-0.1, -0.05) is 0 Å². The molecule has 112 valence electrons. The number of fused-ring (bicyclic) bond motifs is 1. The molecule has 0 amide bonds. The van der Waals surface area contributed by atoms with Crippen LogP contribution in [-0.2, 0) is 10.0 Å². The molecule has 2 heterocycles. The molecule has 1 atom stereocenters. The van der Waals surface area contributed by atoms with Gasteiger partial charge in [-0.3, -0.25) is 4.90 Å². The highest BCUT2D eigenvalue weighted by Gasteiger charge is 2.36. The summed E-state index contributed by atoms with van der Waals surface area (Å²) in [6, 6.07) is 7.18. The van der Waals surface area contributed by atoms with E-state index in [4.69, 9.17) is 5.26 Å². The highest BCUT2D eigenvalue weighted by molar-refractivity contribution is 7.89. The standard InChI is InChI=1S/C15H19N3O2S/c1-12-9-15(5-4-13(12)10-16)21(19,20)18-8-7-17-6-2-3-14(17)11-18/h4-5,9,14H,2-3,6-8,11H2,1H3. The van der Waals surface area contributed by atoms with Gasteiger partial charge in [-0.15, -0.1) is 0 Å². The summed E-state index contributed by atoms with van der Waals surface area (Å²) in [4.78, 5) is 2.68. The summed E-state index contributed by atoms with van der Waals surface area (Å²) >= 11 is 0. The van der Waals surface area contributed by atoms with Gasteiger partial charge in [0.05, 0.1) is 16.5 Å². The molecule has 0 bridgehead atoms. The predicted molar refractivity (Wildman–Crippen MR) is 79.2 cm³/mol. The van der Waals surface area contributed by atoms with Crippen LogP contribution < -0.4 is 0 Å². The van der Waals surface area contributed by atoms with Gasteiger partial charge < -0.3 is 0 Å². The fraction of sp³-hybridized carbons (Fsp3) is 0.533. The number of aryl methyl sites for hydroxylation is 1. The molecule has 6 heteroatoms. The third-order valence-corrected chi connectivity index (χ3v) is 6.37. The molecule has 0 N–H and O–H groups in total. The topological polar surface area (TPSA) is 64.4 Å². The predicted octanol–water partition coefficient (Wildman–Crippen LogP) is 1.34. The Morgan fingerprint density at radius 3 is 2.81 bits per heavy atom. The zero-order chi connectivity index (χ0) is 15.0. The quantitative estimate of drug-likeness (QED) is 0.827.